The van der Waals surface area contributed by atoms with Crippen LogP contribution in [0, 0.1) is 0 Å². The van der Waals surface area contributed by atoms with Crippen molar-refractivity contribution >= 4 is 6.09 Å². The molecule has 1 aliphatic carbocycles. The molecular weight excluding hydrogens is 158 g/mol. The Morgan fingerprint density at radius 1 is 1.58 bits per heavy atom. The summed E-state index contributed by atoms with van der Waals surface area (Å²) in [5, 5.41) is 8.73. The van der Waals surface area contributed by atoms with Crippen molar-refractivity contribution in [2.45, 2.75) is 38.7 Å². The smallest absolute Gasteiger partial charge is 0.404 e. The molecule has 4 nitrogen and oxygen atoms in total. The zero-order valence-corrected chi connectivity index (χ0v) is 7.45. The first-order valence-corrected chi connectivity index (χ1v) is 4.27. The van der Waals surface area contributed by atoms with Crippen molar-refractivity contribution in [3.05, 3.63) is 0 Å². The van der Waals surface area contributed by atoms with E-state index in [1.54, 1.807) is 6.92 Å². The average Bonchev–Trinajstić information content (AvgIpc) is 2.40. The maximum atomic E-state index is 9.60. The highest BCUT2D eigenvalue weighted by atomic mass is 16.5. The number of nitrogens with two attached hydrogens (primary N) is 1. The van der Waals surface area contributed by atoms with Crippen molar-refractivity contribution < 1.29 is 14.6 Å². The number of hydrogen-bond acceptors (Lipinski definition) is 3. The van der Waals surface area contributed by atoms with Crippen molar-refractivity contribution in [3.63, 3.8) is 0 Å². The molecule has 1 aliphatic rings. The fraction of sp³-hybridized carbons (Fsp3) is 0.875. The van der Waals surface area contributed by atoms with Gasteiger partial charge in [0.15, 0.2) is 0 Å². The van der Waals surface area contributed by atoms with E-state index in [4.69, 9.17) is 5.11 Å². The first kappa shape index (κ1) is 11.2. The van der Waals surface area contributed by atoms with Crippen LogP contribution in [0.4, 0.5) is 4.79 Å². The molecule has 0 spiro atoms. The highest BCUT2D eigenvalue weighted by Crippen LogP contribution is 2.16. The second-order valence-corrected chi connectivity index (χ2v) is 2.69. The topological polar surface area (TPSA) is 72.5 Å². The number of carbonyl (C=O) groups excluding carboxylic acids is 1. The van der Waals surface area contributed by atoms with Gasteiger partial charge >= 0.3 is 6.09 Å². The zero-order valence-electron chi connectivity index (χ0n) is 7.45. The summed E-state index contributed by atoms with van der Waals surface area (Å²) in [7, 11) is 0. The normalized spacial score (nSPS) is 16.5. The Labute approximate surface area is 72.7 Å². The molecule has 0 aromatic rings. The molecule has 1 fully saturated rings. The van der Waals surface area contributed by atoms with Crippen LogP contribution in [-0.2, 0) is 4.74 Å². The van der Waals surface area contributed by atoms with Gasteiger partial charge in [0.1, 0.15) is 0 Å². The Bertz CT molecular complexity index is 121. The molecule has 1 rings (SSSR count). The first-order valence-electron chi connectivity index (χ1n) is 4.27. The summed E-state index contributed by atoms with van der Waals surface area (Å²) in [6.45, 7) is 2.06. The van der Waals surface area contributed by atoms with Gasteiger partial charge in [-0.1, -0.05) is 12.8 Å². The standard InChI is InChI=1S/C5H10O.C3H7NO2/c6-5-3-1-2-4-5;1-2-6-3(4)5/h5-6H,1-4H2;2H2,1H3,(H2,4,5). The number of hydrogen-bond donors (Lipinski definition) is 2. The van der Waals surface area contributed by atoms with Crippen molar-refractivity contribution in [2.75, 3.05) is 6.61 Å². The minimum atomic E-state index is -0.711. The number of carbonyl (C=O) groups is 1. The van der Waals surface area contributed by atoms with Gasteiger partial charge in [-0.05, 0) is 19.8 Å². The van der Waals surface area contributed by atoms with Crippen LogP contribution in [0.15, 0.2) is 0 Å². The lowest BCUT2D eigenvalue weighted by Gasteiger charge is -1.91. The number of aliphatic hydroxyl groups excluding tert-OH is 1. The van der Waals surface area contributed by atoms with Gasteiger partial charge in [-0.15, -0.1) is 0 Å². The molecular formula is C8H17NO3. The van der Waals surface area contributed by atoms with Crippen molar-refractivity contribution in [1.82, 2.24) is 0 Å². The summed E-state index contributed by atoms with van der Waals surface area (Å²) in [5.41, 5.74) is 4.54. The molecule has 4 heteroatoms. The van der Waals surface area contributed by atoms with E-state index in [0.717, 1.165) is 12.8 Å². The summed E-state index contributed by atoms with van der Waals surface area (Å²) < 4.78 is 4.18. The Hall–Kier alpha value is -0.770. The van der Waals surface area contributed by atoms with Crippen molar-refractivity contribution in [2.24, 2.45) is 5.73 Å². The minimum Gasteiger partial charge on any atom is -0.450 e. The molecule has 0 atom stereocenters. The van der Waals surface area contributed by atoms with Gasteiger partial charge in [0, 0.05) is 0 Å². The van der Waals surface area contributed by atoms with E-state index < -0.39 is 6.09 Å². The SMILES string of the molecule is CCOC(N)=O.OC1CCCC1. The van der Waals surface area contributed by atoms with Crippen molar-refractivity contribution in [1.29, 1.82) is 0 Å². The highest BCUT2D eigenvalue weighted by Gasteiger charge is 2.09. The fourth-order valence-corrected chi connectivity index (χ4v) is 1.05. The molecule has 0 aromatic carbocycles. The van der Waals surface area contributed by atoms with Gasteiger partial charge in [0.2, 0.25) is 0 Å². The van der Waals surface area contributed by atoms with E-state index in [2.05, 4.69) is 10.5 Å². The molecule has 0 aliphatic heterocycles. The second-order valence-electron chi connectivity index (χ2n) is 2.69. The van der Waals surface area contributed by atoms with Crippen LogP contribution in [0.25, 0.3) is 0 Å². The Balaban J connectivity index is 0.000000202. The van der Waals surface area contributed by atoms with E-state index in [0.29, 0.717) is 6.61 Å². The number of primary amides is 1. The number of ether oxygens (including phenoxy) is 1. The molecule has 1 saturated carbocycles. The van der Waals surface area contributed by atoms with Crippen LogP contribution in [0.1, 0.15) is 32.6 Å². The molecule has 0 unspecified atom stereocenters. The van der Waals surface area contributed by atoms with E-state index in [-0.39, 0.29) is 6.10 Å². The van der Waals surface area contributed by atoms with Crippen LogP contribution in [-0.4, -0.2) is 23.9 Å². The van der Waals surface area contributed by atoms with E-state index in [1.807, 2.05) is 0 Å². The minimum absolute atomic E-state index is 0.0463. The van der Waals surface area contributed by atoms with Gasteiger partial charge < -0.3 is 15.6 Å². The average molecular weight is 175 g/mol. The quantitative estimate of drug-likeness (QED) is 0.625. The third-order valence-corrected chi connectivity index (χ3v) is 1.61. The fourth-order valence-electron chi connectivity index (χ4n) is 1.05. The number of amides is 1. The Morgan fingerprint density at radius 3 is 2.17 bits per heavy atom. The predicted octanol–water partition coefficient (Wildman–Crippen LogP) is 1.02. The lowest BCUT2D eigenvalue weighted by atomic mass is 10.3. The summed E-state index contributed by atoms with van der Waals surface area (Å²) in [4.78, 5) is 9.60. The maximum Gasteiger partial charge on any atom is 0.404 e. The molecule has 72 valence electrons. The van der Waals surface area contributed by atoms with Crippen LogP contribution in [0.3, 0.4) is 0 Å². The molecule has 0 heterocycles. The van der Waals surface area contributed by atoms with Gasteiger partial charge in [-0.25, -0.2) is 4.79 Å². The third-order valence-electron chi connectivity index (χ3n) is 1.61. The Morgan fingerprint density at radius 2 is 2.08 bits per heavy atom. The molecule has 0 radical (unpaired) electrons. The summed E-state index contributed by atoms with van der Waals surface area (Å²) in [5.74, 6) is 0. The Kier molecular flexibility index (Phi) is 6.47. The summed E-state index contributed by atoms with van der Waals surface area (Å²) in [6, 6.07) is 0. The van der Waals surface area contributed by atoms with E-state index in [9.17, 15) is 4.79 Å². The summed E-state index contributed by atoms with van der Waals surface area (Å²) in [6.07, 6.45) is 3.89. The molecule has 12 heavy (non-hydrogen) atoms. The zero-order chi connectivity index (χ0) is 9.40. The molecule has 0 aromatic heterocycles. The van der Waals surface area contributed by atoms with Crippen LogP contribution >= 0.6 is 0 Å². The largest absolute Gasteiger partial charge is 0.450 e. The van der Waals surface area contributed by atoms with Crippen molar-refractivity contribution in [3.8, 4) is 0 Å². The molecule has 3 N–H and O–H groups in total. The molecule has 0 saturated heterocycles. The lowest BCUT2D eigenvalue weighted by Crippen LogP contribution is -2.11. The third kappa shape index (κ3) is 7.34. The number of rotatable bonds is 1. The maximum absolute atomic E-state index is 9.60. The van der Waals surface area contributed by atoms with E-state index in [1.165, 1.54) is 12.8 Å². The van der Waals surface area contributed by atoms with E-state index >= 15 is 0 Å². The van der Waals surface area contributed by atoms with Crippen LogP contribution in [0.2, 0.25) is 0 Å². The lowest BCUT2D eigenvalue weighted by molar-refractivity contribution is 0.163. The first-order chi connectivity index (χ1) is 5.66. The molecule has 1 amide bonds. The summed E-state index contributed by atoms with van der Waals surface area (Å²) >= 11 is 0. The van der Waals surface area contributed by atoms with Crippen LogP contribution < -0.4 is 5.73 Å². The van der Waals surface area contributed by atoms with Gasteiger partial charge in [0.25, 0.3) is 0 Å². The van der Waals surface area contributed by atoms with Gasteiger partial charge in [-0.2, -0.15) is 0 Å². The predicted molar refractivity (Wildman–Crippen MR) is 45.7 cm³/mol. The molecule has 0 bridgehead atoms. The highest BCUT2D eigenvalue weighted by molar-refractivity contribution is 5.64. The van der Waals surface area contributed by atoms with Gasteiger partial charge in [0.05, 0.1) is 12.7 Å². The number of aliphatic hydroxyl groups is 1. The monoisotopic (exact) mass is 175 g/mol. The van der Waals surface area contributed by atoms with Gasteiger partial charge in [-0.3, -0.25) is 0 Å². The second kappa shape index (κ2) is 6.91. The van der Waals surface area contributed by atoms with Crippen LogP contribution in [0.5, 0.6) is 0 Å².